The summed E-state index contributed by atoms with van der Waals surface area (Å²) >= 11 is 0. The van der Waals surface area contributed by atoms with Gasteiger partial charge in [-0.1, -0.05) is 42.5 Å². The predicted octanol–water partition coefficient (Wildman–Crippen LogP) is 1.81. The molecule has 6 heteroatoms. The van der Waals surface area contributed by atoms with Gasteiger partial charge in [0.25, 0.3) is 11.7 Å². The fraction of sp³-hybridized carbons (Fsp3) is 0.158. The minimum absolute atomic E-state index is 0.0321. The summed E-state index contributed by atoms with van der Waals surface area (Å²) in [6.45, 7) is -0.353. The van der Waals surface area contributed by atoms with Crippen LogP contribution in [0.3, 0.4) is 0 Å². The van der Waals surface area contributed by atoms with Crippen LogP contribution in [0, 0.1) is 0 Å². The van der Waals surface area contributed by atoms with Gasteiger partial charge in [0.05, 0.1) is 18.2 Å². The number of carbonyl (C=O) groups excluding carboxylic acids is 2. The molecule has 6 nitrogen and oxygen atoms in total. The number of Topliss-reactive ketones (excluding diaryl/α,β-unsaturated/α-hetero) is 1. The van der Waals surface area contributed by atoms with Crippen LogP contribution in [0.15, 0.2) is 60.2 Å². The molecule has 128 valence electrons. The first kappa shape index (κ1) is 16.7. The Balaban J connectivity index is 2.18. The molecule has 1 amide bonds. The first-order valence-electron chi connectivity index (χ1n) is 7.78. The van der Waals surface area contributed by atoms with Crippen LogP contribution < -0.4 is 0 Å². The van der Waals surface area contributed by atoms with Crippen molar-refractivity contribution in [2.45, 2.75) is 6.04 Å². The molecule has 0 spiro atoms. The fourth-order valence-corrected chi connectivity index (χ4v) is 2.97. The van der Waals surface area contributed by atoms with Gasteiger partial charge in [-0.3, -0.25) is 9.59 Å². The summed E-state index contributed by atoms with van der Waals surface area (Å²) in [6, 6.07) is 13.7. The Bertz CT molecular complexity index is 827. The summed E-state index contributed by atoms with van der Waals surface area (Å²) in [5.74, 6) is -1.79. The van der Waals surface area contributed by atoms with Crippen molar-refractivity contribution < 1.29 is 24.9 Å². The number of nitrogens with zero attached hydrogens (tertiary/aromatic N) is 1. The number of β-amino-alcohol motifs (C(OH)–C–C–N with tert-alkyl or cyclic N) is 1. The molecule has 0 bridgehead atoms. The van der Waals surface area contributed by atoms with Crippen LogP contribution in [0.2, 0.25) is 0 Å². The summed E-state index contributed by atoms with van der Waals surface area (Å²) in [5.41, 5.74) is 0.951. The van der Waals surface area contributed by atoms with E-state index in [1.807, 2.05) is 0 Å². The normalized spacial score (nSPS) is 19.4. The quantitative estimate of drug-likeness (QED) is 0.448. The first-order chi connectivity index (χ1) is 12.0. The molecule has 3 N–H and O–H groups in total. The summed E-state index contributed by atoms with van der Waals surface area (Å²) in [7, 11) is 0. The van der Waals surface area contributed by atoms with Gasteiger partial charge < -0.3 is 20.2 Å². The second-order valence-electron chi connectivity index (χ2n) is 5.67. The standard InChI is InChI=1S/C19H17NO5/c21-11-10-20-16(12-6-8-14(22)9-7-12)15(18(24)19(20)25)17(23)13-4-2-1-3-5-13/h1-9,16,21-23H,10-11H2. The number of aromatic hydroxyl groups is 1. The maximum Gasteiger partial charge on any atom is 0.295 e. The van der Waals surface area contributed by atoms with E-state index in [-0.39, 0.29) is 30.2 Å². The predicted molar refractivity (Wildman–Crippen MR) is 90.6 cm³/mol. The molecule has 1 aliphatic heterocycles. The average Bonchev–Trinajstić information content (AvgIpc) is 2.88. The molecule has 3 rings (SSSR count). The van der Waals surface area contributed by atoms with E-state index >= 15 is 0 Å². The largest absolute Gasteiger partial charge is 0.508 e. The third-order valence-corrected chi connectivity index (χ3v) is 4.14. The summed E-state index contributed by atoms with van der Waals surface area (Å²) in [6.07, 6.45) is 0. The van der Waals surface area contributed by atoms with Crippen molar-refractivity contribution in [3.63, 3.8) is 0 Å². The molecule has 2 aromatic rings. The number of phenols is 1. The zero-order valence-electron chi connectivity index (χ0n) is 13.3. The zero-order chi connectivity index (χ0) is 18.0. The van der Waals surface area contributed by atoms with Gasteiger partial charge in [0.2, 0.25) is 0 Å². The Hall–Kier alpha value is -3.12. The Morgan fingerprint density at radius 1 is 1.00 bits per heavy atom. The van der Waals surface area contributed by atoms with E-state index in [1.54, 1.807) is 42.5 Å². The molecular formula is C19H17NO5. The van der Waals surface area contributed by atoms with Gasteiger partial charge in [-0.2, -0.15) is 0 Å². The van der Waals surface area contributed by atoms with Crippen LogP contribution in [0.1, 0.15) is 17.2 Å². The van der Waals surface area contributed by atoms with Crippen molar-refractivity contribution in [1.82, 2.24) is 4.90 Å². The highest BCUT2D eigenvalue weighted by Gasteiger charge is 2.45. The molecular weight excluding hydrogens is 322 g/mol. The molecule has 25 heavy (non-hydrogen) atoms. The third-order valence-electron chi connectivity index (χ3n) is 4.14. The maximum absolute atomic E-state index is 12.5. The second-order valence-corrected chi connectivity index (χ2v) is 5.67. The number of ketones is 1. The molecule has 2 aromatic carbocycles. The Labute approximate surface area is 144 Å². The van der Waals surface area contributed by atoms with Crippen molar-refractivity contribution in [3.05, 3.63) is 71.3 Å². The minimum Gasteiger partial charge on any atom is -0.508 e. The van der Waals surface area contributed by atoms with Crippen LogP contribution in [0.25, 0.3) is 5.76 Å². The molecule has 1 fully saturated rings. The summed E-state index contributed by atoms with van der Waals surface area (Å²) < 4.78 is 0. The summed E-state index contributed by atoms with van der Waals surface area (Å²) in [4.78, 5) is 26.1. The van der Waals surface area contributed by atoms with Gasteiger partial charge in [0.1, 0.15) is 11.5 Å². The number of aliphatic hydroxyl groups excluding tert-OH is 2. The number of carbonyl (C=O) groups is 2. The third kappa shape index (κ3) is 2.99. The van der Waals surface area contributed by atoms with Gasteiger partial charge in [-0.15, -0.1) is 0 Å². The number of amides is 1. The lowest BCUT2D eigenvalue weighted by Gasteiger charge is -2.24. The van der Waals surface area contributed by atoms with Crippen molar-refractivity contribution in [2.24, 2.45) is 0 Å². The minimum atomic E-state index is -0.826. The number of aliphatic hydroxyl groups is 2. The molecule has 0 aliphatic carbocycles. The maximum atomic E-state index is 12.5. The van der Waals surface area contributed by atoms with Crippen LogP contribution in [-0.4, -0.2) is 45.1 Å². The van der Waals surface area contributed by atoms with Crippen LogP contribution in [0.4, 0.5) is 0 Å². The zero-order valence-corrected chi connectivity index (χ0v) is 13.3. The lowest BCUT2D eigenvalue weighted by Crippen LogP contribution is -2.32. The Morgan fingerprint density at radius 2 is 1.64 bits per heavy atom. The van der Waals surface area contributed by atoms with Crippen molar-refractivity contribution >= 4 is 17.4 Å². The van der Waals surface area contributed by atoms with Gasteiger partial charge in [0.15, 0.2) is 0 Å². The van der Waals surface area contributed by atoms with Crippen LogP contribution in [-0.2, 0) is 9.59 Å². The Kier molecular flexibility index (Phi) is 4.54. The van der Waals surface area contributed by atoms with Crippen LogP contribution >= 0.6 is 0 Å². The number of hydrogen-bond acceptors (Lipinski definition) is 5. The lowest BCUT2D eigenvalue weighted by molar-refractivity contribution is -0.140. The number of likely N-dealkylation sites (tertiary alicyclic amines) is 1. The van der Waals surface area contributed by atoms with E-state index < -0.39 is 17.7 Å². The fourth-order valence-electron chi connectivity index (χ4n) is 2.97. The Morgan fingerprint density at radius 3 is 2.24 bits per heavy atom. The molecule has 1 heterocycles. The van der Waals surface area contributed by atoms with E-state index in [2.05, 4.69) is 0 Å². The van der Waals surface area contributed by atoms with E-state index in [0.29, 0.717) is 11.1 Å². The number of hydrogen-bond donors (Lipinski definition) is 3. The lowest BCUT2D eigenvalue weighted by atomic mass is 9.95. The van der Waals surface area contributed by atoms with Crippen molar-refractivity contribution in [3.8, 4) is 5.75 Å². The smallest absolute Gasteiger partial charge is 0.295 e. The molecule has 1 aliphatic rings. The van der Waals surface area contributed by atoms with Gasteiger partial charge in [-0.05, 0) is 17.7 Å². The molecule has 0 saturated carbocycles. The monoisotopic (exact) mass is 339 g/mol. The van der Waals surface area contributed by atoms with Gasteiger partial charge in [-0.25, -0.2) is 0 Å². The number of rotatable bonds is 4. The van der Waals surface area contributed by atoms with Gasteiger partial charge >= 0.3 is 0 Å². The average molecular weight is 339 g/mol. The molecule has 0 aromatic heterocycles. The SMILES string of the molecule is O=C1C(=O)N(CCO)C(c2ccc(O)cc2)C1=C(O)c1ccccc1. The van der Waals surface area contributed by atoms with E-state index in [4.69, 9.17) is 0 Å². The molecule has 1 unspecified atom stereocenters. The number of phenolic OH excluding ortho intramolecular Hbond substituents is 1. The first-order valence-corrected chi connectivity index (χ1v) is 7.78. The van der Waals surface area contributed by atoms with Crippen LogP contribution in [0.5, 0.6) is 5.75 Å². The molecule has 1 atom stereocenters. The topological polar surface area (TPSA) is 98.1 Å². The number of benzene rings is 2. The van der Waals surface area contributed by atoms with Crippen molar-refractivity contribution in [1.29, 1.82) is 0 Å². The summed E-state index contributed by atoms with van der Waals surface area (Å²) in [5, 5.41) is 29.4. The van der Waals surface area contributed by atoms with E-state index in [9.17, 15) is 24.9 Å². The van der Waals surface area contributed by atoms with Crippen molar-refractivity contribution in [2.75, 3.05) is 13.2 Å². The highest BCUT2D eigenvalue weighted by atomic mass is 16.3. The highest BCUT2D eigenvalue weighted by Crippen LogP contribution is 2.39. The van der Waals surface area contributed by atoms with E-state index in [1.165, 1.54) is 17.0 Å². The van der Waals surface area contributed by atoms with E-state index in [0.717, 1.165) is 0 Å². The highest BCUT2D eigenvalue weighted by molar-refractivity contribution is 6.46. The molecule has 0 radical (unpaired) electrons. The molecule has 1 saturated heterocycles. The second kappa shape index (κ2) is 6.78. The van der Waals surface area contributed by atoms with Gasteiger partial charge in [0, 0.05) is 12.1 Å².